The molecule has 2 aromatic carbocycles. The number of carbonyl (C=O) groups excluding carboxylic acids is 2. The number of hydrogen-bond acceptors (Lipinski definition) is 4. The van der Waals surface area contributed by atoms with Gasteiger partial charge in [-0.15, -0.1) is 0 Å². The number of imide groups is 1. The summed E-state index contributed by atoms with van der Waals surface area (Å²) in [6, 6.07) is 11.1. The van der Waals surface area contributed by atoms with Gasteiger partial charge in [-0.2, -0.15) is 0 Å². The number of urea groups is 1. The van der Waals surface area contributed by atoms with Crippen molar-refractivity contribution in [2.75, 3.05) is 11.6 Å². The molecule has 0 bridgehead atoms. The largest absolute Gasteiger partial charge is 0.343 e. The normalized spacial score (nSPS) is 14.7. The van der Waals surface area contributed by atoms with Crippen LogP contribution in [0.5, 0.6) is 0 Å². The van der Waals surface area contributed by atoms with Crippen molar-refractivity contribution in [3.05, 3.63) is 52.5 Å². The summed E-state index contributed by atoms with van der Waals surface area (Å²) in [6.07, 6.45) is 0. The van der Waals surface area contributed by atoms with E-state index >= 15 is 0 Å². The summed E-state index contributed by atoms with van der Waals surface area (Å²) < 4.78 is 0. The van der Waals surface area contributed by atoms with E-state index in [0.29, 0.717) is 10.7 Å². The van der Waals surface area contributed by atoms with Crippen molar-refractivity contribution in [1.82, 2.24) is 10.7 Å². The van der Waals surface area contributed by atoms with Crippen LogP contribution in [0.15, 0.2) is 46.2 Å². The highest BCUT2D eigenvalue weighted by atomic mass is 35.5. The van der Waals surface area contributed by atoms with Gasteiger partial charge in [-0.25, -0.2) is 15.2 Å². The van der Waals surface area contributed by atoms with Gasteiger partial charge in [0.25, 0.3) is 0 Å². The molecule has 1 aliphatic heterocycles. The number of rotatable bonds is 3. The second kappa shape index (κ2) is 6.84. The van der Waals surface area contributed by atoms with Crippen LogP contribution in [0.3, 0.4) is 0 Å². The summed E-state index contributed by atoms with van der Waals surface area (Å²) in [6.45, 7) is 4.08. The van der Waals surface area contributed by atoms with E-state index in [-0.39, 0.29) is 12.5 Å². The molecule has 0 unspecified atom stereocenters. The lowest BCUT2D eigenvalue weighted by Crippen LogP contribution is -2.59. The first kappa shape index (κ1) is 16.8. The zero-order valence-electron chi connectivity index (χ0n) is 13.2. The monoisotopic (exact) mass is 361 g/mol. The van der Waals surface area contributed by atoms with Gasteiger partial charge in [0, 0.05) is 14.8 Å². The molecule has 1 saturated heterocycles. The van der Waals surface area contributed by atoms with Crippen molar-refractivity contribution in [3.8, 4) is 0 Å². The van der Waals surface area contributed by atoms with Crippen LogP contribution in [0.2, 0.25) is 5.02 Å². The van der Waals surface area contributed by atoms with Gasteiger partial charge in [0.1, 0.15) is 0 Å². The van der Waals surface area contributed by atoms with E-state index in [0.717, 1.165) is 20.9 Å². The summed E-state index contributed by atoms with van der Waals surface area (Å²) in [4.78, 5) is 25.4. The zero-order valence-corrected chi connectivity index (χ0v) is 14.8. The third-order valence-electron chi connectivity index (χ3n) is 3.58. The Morgan fingerprint density at radius 2 is 1.71 bits per heavy atom. The van der Waals surface area contributed by atoms with Crippen LogP contribution in [0.1, 0.15) is 11.1 Å². The summed E-state index contributed by atoms with van der Waals surface area (Å²) >= 11 is 7.58. The van der Waals surface area contributed by atoms with Gasteiger partial charge in [-0.1, -0.05) is 23.4 Å². The molecule has 3 amide bonds. The van der Waals surface area contributed by atoms with Gasteiger partial charge in [-0.05, 0) is 61.4 Å². The minimum atomic E-state index is -0.469. The fourth-order valence-electron chi connectivity index (χ4n) is 2.49. The quantitative estimate of drug-likeness (QED) is 0.875. The Bertz CT molecular complexity index is 785. The van der Waals surface area contributed by atoms with E-state index < -0.39 is 6.03 Å². The minimum absolute atomic E-state index is 0.0745. The summed E-state index contributed by atoms with van der Waals surface area (Å²) in [7, 11) is 0. The number of carbonyl (C=O) groups is 2. The van der Waals surface area contributed by atoms with E-state index in [1.54, 1.807) is 11.8 Å². The molecule has 0 saturated carbocycles. The molecule has 0 spiro atoms. The number of anilines is 1. The lowest BCUT2D eigenvalue weighted by atomic mass is 10.1. The van der Waals surface area contributed by atoms with E-state index in [2.05, 4.69) is 10.7 Å². The number of benzene rings is 2. The summed E-state index contributed by atoms with van der Waals surface area (Å²) in [5, 5.41) is 4.36. The molecule has 0 radical (unpaired) electrons. The van der Waals surface area contributed by atoms with E-state index in [9.17, 15) is 9.59 Å². The molecule has 2 aromatic rings. The van der Waals surface area contributed by atoms with Gasteiger partial charge < -0.3 is 0 Å². The third kappa shape index (κ3) is 3.56. The smallest absolute Gasteiger partial charge is 0.275 e. The fourth-order valence-corrected chi connectivity index (χ4v) is 3.56. The van der Waals surface area contributed by atoms with Crippen LogP contribution in [0.25, 0.3) is 0 Å². The molecule has 0 atom stereocenters. The predicted molar refractivity (Wildman–Crippen MR) is 95.5 cm³/mol. The third-order valence-corrected chi connectivity index (χ3v) is 5.19. The second-order valence-corrected chi connectivity index (χ2v) is 7.01. The van der Waals surface area contributed by atoms with Gasteiger partial charge in [0.2, 0.25) is 5.91 Å². The molecule has 2 N–H and O–H groups in total. The second-order valence-electron chi connectivity index (χ2n) is 5.49. The van der Waals surface area contributed by atoms with Crippen LogP contribution in [-0.2, 0) is 4.79 Å². The Kier molecular flexibility index (Phi) is 4.80. The zero-order chi connectivity index (χ0) is 17.3. The Morgan fingerprint density at radius 3 is 2.29 bits per heavy atom. The van der Waals surface area contributed by atoms with Crippen molar-refractivity contribution in [3.63, 3.8) is 0 Å². The first-order chi connectivity index (χ1) is 11.4. The van der Waals surface area contributed by atoms with Crippen molar-refractivity contribution in [2.24, 2.45) is 0 Å². The topological polar surface area (TPSA) is 61.4 Å². The SMILES string of the molecule is Cc1cc(N2NCC(=O)NC2=O)cc(C)c1Sc1ccc(Cl)cc1. The molecule has 3 rings (SSSR count). The van der Waals surface area contributed by atoms with Crippen molar-refractivity contribution in [2.45, 2.75) is 23.6 Å². The molecule has 1 aliphatic rings. The maximum atomic E-state index is 11.9. The van der Waals surface area contributed by atoms with E-state index in [4.69, 9.17) is 11.6 Å². The van der Waals surface area contributed by atoms with Gasteiger partial charge in [0.15, 0.2) is 0 Å². The number of nitrogens with one attached hydrogen (secondary N) is 2. The van der Waals surface area contributed by atoms with Crippen LogP contribution in [-0.4, -0.2) is 18.5 Å². The lowest BCUT2D eigenvalue weighted by Gasteiger charge is -2.28. The first-order valence-corrected chi connectivity index (χ1v) is 8.55. The van der Waals surface area contributed by atoms with Crippen molar-refractivity contribution < 1.29 is 9.59 Å². The van der Waals surface area contributed by atoms with E-state index in [1.165, 1.54) is 5.01 Å². The van der Waals surface area contributed by atoms with Crippen LogP contribution in [0.4, 0.5) is 10.5 Å². The van der Waals surface area contributed by atoms with Gasteiger partial charge in [0.05, 0.1) is 12.2 Å². The maximum Gasteiger partial charge on any atom is 0.343 e. The van der Waals surface area contributed by atoms with Crippen molar-refractivity contribution >= 4 is 41.0 Å². The van der Waals surface area contributed by atoms with Gasteiger partial charge >= 0.3 is 6.03 Å². The molecule has 0 aliphatic carbocycles. The molecule has 124 valence electrons. The predicted octanol–water partition coefficient (Wildman–Crippen LogP) is 3.67. The summed E-state index contributed by atoms with van der Waals surface area (Å²) in [5.41, 5.74) is 5.62. The fraction of sp³-hybridized carbons (Fsp3) is 0.176. The molecular weight excluding hydrogens is 346 g/mol. The van der Waals surface area contributed by atoms with Gasteiger partial charge in [-0.3, -0.25) is 10.1 Å². The average Bonchev–Trinajstić information content (AvgIpc) is 2.52. The highest BCUT2D eigenvalue weighted by Gasteiger charge is 2.24. The lowest BCUT2D eigenvalue weighted by molar-refractivity contribution is -0.119. The van der Waals surface area contributed by atoms with Crippen LogP contribution >= 0.6 is 23.4 Å². The Morgan fingerprint density at radius 1 is 1.08 bits per heavy atom. The molecule has 5 nitrogen and oxygen atoms in total. The highest BCUT2D eigenvalue weighted by molar-refractivity contribution is 7.99. The minimum Gasteiger partial charge on any atom is -0.275 e. The van der Waals surface area contributed by atoms with Crippen LogP contribution in [0, 0.1) is 13.8 Å². The maximum absolute atomic E-state index is 11.9. The Hall–Kier alpha value is -2.02. The number of hydrazine groups is 1. The number of amides is 3. The number of aryl methyl sites for hydroxylation is 2. The number of nitrogens with zero attached hydrogens (tertiary/aromatic N) is 1. The standard InChI is InChI=1S/C17H16ClN3O2S/c1-10-7-13(21-17(23)20-15(22)9-19-21)8-11(2)16(10)24-14-5-3-12(18)4-6-14/h3-8,19H,9H2,1-2H3,(H,20,22,23). The summed E-state index contributed by atoms with van der Waals surface area (Å²) in [5.74, 6) is -0.334. The van der Waals surface area contributed by atoms with Crippen molar-refractivity contribution in [1.29, 1.82) is 0 Å². The molecule has 0 aromatic heterocycles. The Balaban J connectivity index is 1.87. The average molecular weight is 362 g/mol. The van der Waals surface area contributed by atoms with E-state index in [1.807, 2.05) is 50.2 Å². The molecule has 1 heterocycles. The highest BCUT2D eigenvalue weighted by Crippen LogP contribution is 2.35. The molecular formula is C17H16ClN3O2S. The molecule has 7 heteroatoms. The number of hydrogen-bond donors (Lipinski definition) is 2. The Labute approximate surface area is 149 Å². The first-order valence-electron chi connectivity index (χ1n) is 7.36. The number of halogens is 1. The van der Waals surface area contributed by atoms with Crippen LogP contribution < -0.4 is 15.8 Å². The molecule has 1 fully saturated rings. The molecule has 24 heavy (non-hydrogen) atoms.